The Morgan fingerprint density at radius 2 is 2.00 bits per heavy atom. The third-order valence-electron chi connectivity index (χ3n) is 3.80. The summed E-state index contributed by atoms with van der Waals surface area (Å²) in [5.74, 6) is -1.39. The minimum Gasteiger partial charge on any atom is -0.392 e. The molecular weight excluding hydrogens is 282 g/mol. The molecule has 1 fully saturated rings. The van der Waals surface area contributed by atoms with E-state index in [-0.39, 0.29) is 16.2 Å². The van der Waals surface area contributed by atoms with E-state index in [0.717, 1.165) is 12.1 Å². The van der Waals surface area contributed by atoms with Gasteiger partial charge in [0.05, 0.1) is 16.1 Å². The molecule has 3 nitrogen and oxygen atoms in total. The van der Waals surface area contributed by atoms with Crippen LogP contribution in [0.15, 0.2) is 12.1 Å². The molecule has 0 aromatic heterocycles. The van der Waals surface area contributed by atoms with E-state index >= 15 is 0 Å². The zero-order chi connectivity index (χ0) is 15.1. The molecular formula is C14H16F2N2OS. The van der Waals surface area contributed by atoms with Gasteiger partial charge in [0.15, 0.2) is 0 Å². The lowest BCUT2D eigenvalue weighted by Crippen LogP contribution is -2.53. The van der Waals surface area contributed by atoms with Crippen LogP contribution in [0.25, 0.3) is 0 Å². The number of thiocarbonyl (C=S) groups is 1. The number of nitrogens with one attached hydrogen (secondary N) is 1. The van der Waals surface area contributed by atoms with Crippen LogP contribution in [0, 0.1) is 29.9 Å². The lowest BCUT2D eigenvalue weighted by atomic mass is 9.62. The largest absolute Gasteiger partial charge is 0.392 e. The maximum atomic E-state index is 13.7. The molecule has 2 rings (SSSR count). The molecule has 1 aromatic rings. The van der Waals surface area contributed by atoms with Crippen molar-refractivity contribution in [2.45, 2.75) is 26.7 Å². The van der Waals surface area contributed by atoms with Crippen molar-refractivity contribution in [1.82, 2.24) is 0 Å². The second-order valence-electron chi connectivity index (χ2n) is 5.50. The molecule has 1 amide bonds. The highest BCUT2D eigenvalue weighted by Crippen LogP contribution is 2.46. The summed E-state index contributed by atoms with van der Waals surface area (Å²) in [6, 6.07) is 2.01. The highest BCUT2D eigenvalue weighted by atomic mass is 32.1. The van der Waals surface area contributed by atoms with Crippen molar-refractivity contribution in [3.8, 4) is 0 Å². The van der Waals surface area contributed by atoms with Gasteiger partial charge in [0.1, 0.15) is 11.6 Å². The van der Waals surface area contributed by atoms with Crippen LogP contribution in [-0.4, -0.2) is 10.9 Å². The molecule has 1 aliphatic carbocycles. The third kappa shape index (κ3) is 2.40. The standard InChI is InChI=1S/C14H16F2N2OS/c1-7-5-14(6-7,12(17)20)13(19)18-11-4-9(15)8(2)3-10(11)16/h3-4,7H,5-6H2,1-2H3,(H2,17,20)(H,18,19). The molecule has 0 spiro atoms. The molecule has 0 atom stereocenters. The summed E-state index contributed by atoms with van der Waals surface area (Å²) in [7, 11) is 0. The third-order valence-corrected chi connectivity index (χ3v) is 4.19. The highest BCUT2D eigenvalue weighted by molar-refractivity contribution is 7.80. The summed E-state index contributed by atoms with van der Waals surface area (Å²) >= 11 is 4.95. The predicted octanol–water partition coefficient (Wildman–Crippen LogP) is 2.91. The summed E-state index contributed by atoms with van der Waals surface area (Å²) in [6.45, 7) is 3.43. The summed E-state index contributed by atoms with van der Waals surface area (Å²) in [5, 5.41) is 2.40. The van der Waals surface area contributed by atoms with E-state index in [1.807, 2.05) is 6.92 Å². The maximum Gasteiger partial charge on any atom is 0.237 e. The van der Waals surface area contributed by atoms with Crippen LogP contribution >= 0.6 is 12.2 Å². The first-order valence-electron chi connectivity index (χ1n) is 6.33. The lowest BCUT2D eigenvalue weighted by molar-refractivity contribution is -0.127. The van der Waals surface area contributed by atoms with E-state index in [1.165, 1.54) is 6.92 Å². The maximum absolute atomic E-state index is 13.7. The quantitative estimate of drug-likeness (QED) is 0.844. The van der Waals surface area contributed by atoms with Crippen molar-refractivity contribution < 1.29 is 13.6 Å². The minimum atomic E-state index is -0.942. The molecule has 0 heterocycles. The fourth-order valence-electron chi connectivity index (χ4n) is 2.61. The van der Waals surface area contributed by atoms with Crippen LogP contribution in [0.3, 0.4) is 0 Å². The molecule has 0 radical (unpaired) electrons. The highest BCUT2D eigenvalue weighted by Gasteiger charge is 2.51. The summed E-state index contributed by atoms with van der Waals surface area (Å²) < 4.78 is 27.2. The summed E-state index contributed by atoms with van der Waals surface area (Å²) in [6.07, 6.45) is 1.06. The first-order valence-corrected chi connectivity index (χ1v) is 6.74. The Hall–Kier alpha value is -1.56. The van der Waals surface area contributed by atoms with Crippen molar-refractivity contribution in [1.29, 1.82) is 0 Å². The summed E-state index contributed by atoms with van der Waals surface area (Å²) in [5.41, 5.74) is 4.70. The van der Waals surface area contributed by atoms with Crippen LogP contribution in [-0.2, 0) is 4.79 Å². The van der Waals surface area contributed by atoms with E-state index < -0.39 is 23.0 Å². The smallest absolute Gasteiger partial charge is 0.237 e. The lowest BCUT2D eigenvalue weighted by Gasteiger charge is -2.44. The van der Waals surface area contributed by atoms with Gasteiger partial charge in [-0.2, -0.15) is 0 Å². The van der Waals surface area contributed by atoms with Gasteiger partial charge in [0, 0.05) is 6.07 Å². The van der Waals surface area contributed by atoms with Crippen LogP contribution < -0.4 is 11.1 Å². The zero-order valence-electron chi connectivity index (χ0n) is 11.3. The van der Waals surface area contributed by atoms with Gasteiger partial charge in [-0.1, -0.05) is 19.1 Å². The Labute approximate surface area is 121 Å². The molecule has 0 unspecified atom stereocenters. The second-order valence-corrected chi connectivity index (χ2v) is 5.93. The van der Waals surface area contributed by atoms with Gasteiger partial charge < -0.3 is 11.1 Å². The molecule has 0 aliphatic heterocycles. The molecule has 0 saturated heterocycles. The Balaban J connectivity index is 2.24. The number of aryl methyl sites for hydroxylation is 1. The molecule has 1 saturated carbocycles. The van der Waals surface area contributed by atoms with E-state index in [2.05, 4.69) is 5.32 Å². The number of hydrogen-bond acceptors (Lipinski definition) is 2. The number of hydrogen-bond donors (Lipinski definition) is 2. The van der Waals surface area contributed by atoms with E-state index in [4.69, 9.17) is 18.0 Å². The Bertz CT molecular complexity index is 583. The van der Waals surface area contributed by atoms with Crippen LogP contribution in [0.4, 0.5) is 14.5 Å². The predicted molar refractivity (Wildman–Crippen MR) is 77.3 cm³/mol. The number of rotatable bonds is 3. The average Bonchev–Trinajstić information content (AvgIpc) is 2.31. The van der Waals surface area contributed by atoms with E-state index in [1.54, 1.807) is 0 Å². The van der Waals surface area contributed by atoms with Crippen molar-refractivity contribution in [3.05, 3.63) is 29.3 Å². The molecule has 6 heteroatoms. The Morgan fingerprint density at radius 3 is 2.50 bits per heavy atom. The van der Waals surface area contributed by atoms with Crippen molar-refractivity contribution in [2.75, 3.05) is 5.32 Å². The van der Waals surface area contributed by atoms with Gasteiger partial charge in [-0.15, -0.1) is 0 Å². The number of benzene rings is 1. The van der Waals surface area contributed by atoms with E-state index in [9.17, 15) is 13.6 Å². The molecule has 3 N–H and O–H groups in total. The molecule has 108 valence electrons. The van der Waals surface area contributed by atoms with Crippen LogP contribution in [0.1, 0.15) is 25.3 Å². The first-order chi connectivity index (χ1) is 9.26. The molecule has 0 bridgehead atoms. The topological polar surface area (TPSA) is 55.1 Å². The van der Waals surface area contributed by atoms with Crippen molar-refractivity contribution in [2.24, 2.45) is 17.1 Å². The van der Waals surface area contributed by atoms with Crippen LogP contribution in [0.2, 0.25) is 0 Å². The SMILES string of the molecule is Cc1cc(F)c(NC(=O)C2(C(N)=S)CC(C)C2)cc1F. The monoisotopic (exact) mass is 298 g/mol. The van der Waals surface area contributed by atoms with Crippen molar-refractivity contribution in [3.63, 3.8) is 0 Å². The average molecular weight is 298 g/mol. The normalized spacial score (nSPS) is 24.9. The number of nitrogens with two attached hydrogens (primary N) is 1. The zero-order valence-corrected chi connectivity index (χ0v) is 12.1. The minimum absolute atomic E-state index is 0.0982. The second kappa shape index (κ2) is 5.09. The molecule has 1 aromatic carbocycles. The Kier molecular flexibility index (Phi) is 3.77. The molecule has 20 heavy (non-hydrogen) atoms. The van der Waals surface area contributed by atoms with Crippen molar-refractivity contribution >= 4 is 28.8 Å². The Morgan fingerprint density at radius 1 is 1.40 bits per heavy atom. The fourth-order valence-corrected chi connectivity index (χ4v) is 2.87. The van der Waals surface area contributed by atoms with Gasteiger partial charge in [0.2, 0.25) is 5.91 Å². The van der Waals surface area contributed by atoms with Gasteiger partial charge in [-0.05, 0) is 37.3 Å². The van der Waals surface area contributed by atoms with Crippen LogP contribution in [0.5, 0.6) is 0 Å². The number of carbonyl (C=O) groups excluding carboxylic acids is 1. The number of halogens is 2. The van der Waals surface area contributed by atoms with Gasteiger partial charge in [-0.25, -0.2) is 8.78 Å². The van der Waals surface area contributed by atoms with Gasteiger partial charge in [0.25, 0.3) is 0 Å². The fraction of sp³-hybridized carbons (Fsp3) is 0.429. The van der Waals surface area contributed by atoms with Gasteiger partial charge >= 0.3 is 0 Å². The van der Waals surface area contributed by atoms with Gasteiger partial charge in [-0.3, -0.25) is 4.79 Å². The molecule has 1 aliphatic rings. The number of amides is 1. The number of anilines is 1. The summed E-state index contributed by atoms with van der Waals surface area (Å²) in [4.78, 5) is 12.4. The number of carbonyl (C=O) groups is 1. The van der Waals surface area contributed by atoms with E-state index in [0.29, 0.717) is 18.8 Å². The first kappa shape index (κ1) is 14.8.